The molecule has 1 aliphatic heterocycles. The molecule has 0 saturated carbocycles. The average molecular weight is 417 g/mol. The Morgan fingerprint density at radius 1 is 1.31 bits per heavy atom. The van der Waals surface area contributed by atoms with E-state index < -0.39 is 5.63 Å². The lowest BCUT2D eigenvalue weighted by molar-refractivity contribution is -0.123. The van der Waals surface area contributed by atoms with E-state index in [-0.39, 0.29) is 18.4 Å². The summed E-state index contributed by atoms with van der Waals surface area (Å²) in [5.41, 5.74) is 1.33. The van der Waals surface area contributed by atoms with Gasteiger partial charge in [-0.25, -0.2) is 4.79 Å². The largest absolute Gasteiger partial charge is 0.482 e. The minimum Gasteiger partial charge on any atom is -0.482 e. The van der Waals surface area contributed by atoms with E-state index >= 15 is 0 Å². The first-order valence-corrected chi connectivity index (χ1v) is 9.73. The van der Waals surface area contributed by atoms with E-state index in [2.05, 4.69) is 20.1 Å². The quantitative estimate of drug-likeness (QED) is 0.641. The SMILES string of the molecule is Cc1c(C)c2cc(Cl)c(OCC(=O)NCC3Cc4nnc(C)n4C3)cc2oc1=O. The van der Waals surface area contributed by atoms with Crippen molar-refractivity contribution in [2.75, 3.05) is 13.2 Å². The molecule has 4 rings (SSSR count). The number of nitrogens with zero attached hydrogens (tertiary/aromatic N) is 3. The molecule has 0 fully saturated rings. The fourth-order valence-electron chi connectivity index (χ4n) is 3.54. The summed E-state index contributed by atoms with van der Waals surface area (Å²) in [4.78, 5) is 24.1. The highest BCUT2D eigenvalue weighted by Gasteiger charge is 2.25. The van der Waals surface area contributed by atoms with Crippen LogP contribution in [0.4, 0.5) is 0 Å². The molecule has 1 amide bonds. The van der Waals surface area contributed by atoms with E-state index in [0.29, 0.717) is 28.5 Å². The number of hydrogen-bond donors (Lipinski definition) is 1. The van der Waals surface area contributed by atoms with Gasteiger partial charge in [0, 0.05) is 42.4 Å². The molecule has 3 heterocycles. The van der Waals surface area contributed by atoms with Gasteiger partial charge in [0.2, 0.25) is 0 Å². The van der Waals surface area contributed by atoms with Gasteiger partial charge in [-0.15, -0.1) is 10.2 Å². The van der Waals surface area contributed by atoms with Gasteiger partial charge in [-0.3, -0.25) is 4.79 Å². The molecule has 9 heteroatoms. The number of carbonyl (C=O) groups excluding carboxylic acids is 1. The first-order chi connectivity index (χ1) is 13.8. The van der Waals surface area contributed by atoms with Gasteiger partial charge in [0.1, 0.15) is 23.0 Å². The minimum absolute atomic E-state index is 0.182. The van der Waals surface area contributed by atoms with E-state index in [1.165, 1.54) is 0 Å². The molecule has 1 atom stereocenters. The van der Waals surface area contributed by atoms with Gasteiger partial charge in [0.05, 0.1) is 5.02 Å². The Hall–Kier alpha value is -2.87. The van der Waals surface area contributed by atoms with Gasteiger partial charge in [-0.1, -0.05) is 11.6 Å². The second-order valence-electron chi connectivity index (χ2n) is 7.36. The maximum absolute atomic E-state index is 12.2. The number of nitrogens with one attached hydrogen (secondary N) is 1. The zero-order chi connectivity index (χ0) is 20.7. The fourth-order valence-corrected chi connectivity index (χ4v) is 3.76. The van der Waals surface area contributed by atoms with Crippen molar-refractivity contribution in [3.63, 3.8) is 0 Å². The molecule has 152 valence electrons. The predicted octanol–water partition coefficient (Wildman–Crippen LogP) is 2.33. The highest BCUT2D eigenvalue weighted by atomic mass is 35.5. The Morgan fingerprint density at radius 3 is 2.86 bits per heavy atom. The van der Waals surface area contributed by atoms with Crippen LogP contribution < -0.4 is 15.7 Å². The van der Waals surface area contributed by atoms with Gasteiger partial charge in [0.25, 0.3) is 5.91 Å². The van der Waals surface area contributed by atoms with Crippen LogP contribution in [0.5, 0.6) is 5.75 Å². The molecule has 0 bridgehead atoms. The molecule has 0 saturated heterocycles. The highest BCUT2D eigenvalue weighted by Crippen LogP contribution is 2.31. The maximum Gasteiger partial charge on any atom is 0.339 e. The van der Waals surface area contributed by atoms with Crippen LogP contribution in [0.3, 0.4) is 0 Å². The Bertz CT molecular complexity index is 1170. The Labute approximate surface area is 171 Å². The number of hydrogen-bond acceptors (Lipinski definition) is 6. The summed E-state index contributed by atoms with van der Waals surface area (Å²) in [6.45, 7) is 6.61. The minimum atomic E-state index is -0.400. The van der Waals surface area contributed by atoms with Crippen molar-refractivity contribution in [1.29, 1.82) is 0 Å². The zero-order valence-corrected chi connectivity index (χ0v) is 17.2. The first kappa shape index (κ1) is 19.4. The van der Waals surface area contributed by atoms with Crippen LogP contribution in [-0.4, -0.2) is 33.8 Å². The van der Waals surface area contributed by atoms with Gasteiger partial charge in [-0.05, 0) is 32.4 Å². The number of halogens is 1. The Balaban J connectivity index is 1.37. The van der Waals surface area contributed by atoms with Gasteiger partial charge in [-0.2, -0.15) is 0 Å². The summed E-state index contributed by atoms with van der Waals surface area (Å²) < 4.78 is 12.9. The fraction of sp³-hybridized carbons (Fsp3) is 0.400. The Morgan fingerprint density at radius 2 is 2.10 bits per heavy atom. The van der Waals surface area contributed by atoms with Crippen molar-refractivity contribution in [2.45, 2.75) is 33.7 Å². The topological polar surface area (TPSA) is 99.2 Å². The summed E-state index contributed by atoms with van der Waals surface area (Å²) in [6.07, 6.45) is 0.788. The second kappa shape index (κ2) is 7.51. The third-order valence-corrected chi connectivity index (χ3v) is 5.68. The normalized spacial score (nSPS) is 15.5. The standard InChI is InChI=1S/C20H21ClN4O4/c1-10-11(2)20(27)29-16-6-17(15(21)5-14(10)16)28-9-19(26)22-7-13-4-18-24-23-12(3)25(18)8-13/h5-6,13H,4,7-9H2,1-3H3,(H,22,26). The highest BCUT2D eigenvalue weighted by molar-refractivity contribution is 6.32. The lowest BCUT2D eigenvalue weighted by Gasteiger charge is -2.13. The third-order valence-electron chi connectivity index (χ3n) is 5.38. The number of fused-ring (bicyclic) bond motifs is 2. The molecule has 3 aromatic rings. The van der Waals surface area contributed by atoms with Crippen LogP contribution in [0.15, 0.2) is 21.3 Å². The average Bonchev–Trinajstić information content (AvgIpc) is 3.25. The molecule has 0 aliphatic carbocycles. The first-order valence-electron chi connectivity index (χ1n) is 9.35. The lowest BCUT2D eigenvalue weighted by Crippen LogP contribution is -2.33. The van der Waals surface area contributed by atoms with Crippen LogP contribution in [0.2, 0.25) is 5.02 Å². The van der Waals surface area contributed by atoms with Gasteiger partial charge < -0.3 is 19.0 Å². The molecule has 8 nitrogen and oxygen atoms in total. The van der Waals surface area contributed by atoms with E-state index in [0.717, 1.165) is 35.6 Å². The van der Waals surface area contributed by atoms with Crippen molar-refractivity contribution in [2.24, 2.45) is 5.92 Å². The molecule has 0 radical (unpaired) electrons. The lowest BCUT2D eigenvalue weighted by atomic mass is 10.1. The molecular weight excluding hydrogens is 396 g/mol. The number of aryl methyl sites for hydroxylation is 2. The van der Waals surface area contributed by atoms with E-state index in [1.54, 1.807) is 19.1 Å². The van der Waals surface area contributed by atoms with E-state index in [9.17, 15) is 9.59 Å². The van der Waals surface area contributed by atoms with E-state index in [4.69, 9.17) is 20.8 Å². The maximum atomic E-state index is 12.2. The predicted molar refractivity (Wildman–Crippen MR) is 107 cm³/mol. The van der Waals surface area contributed by atoms with Crippen molar-refractivity contribution in [3.8, 4) is 5.75 Å². The van der Waals surface area contributed by atoms with Crippen LogP contribution in [0, 0.1) is 26.7 Å². The summed E-state index contributed by atoms with van der Waals surface area (Å²) in [7, 11) is 0. The van der Waals surface area contributed by atoms with Crippen LogP contribution in [-0.2, 0) is 17.8 Å². The van der Waals surface area contributed by atoms with Gasteiger partial charge >= 0.3 is 5.63 Å². The number of benzene rings is 1. The molecule has 29 heavy (non-hydrogen) atoms. The summed E-state index contributed by atoms with van der Waals surface area (Å²) >= 11 is 6.29. The Kier molecular flexibility index (Phi) is 5.04. The summed E-state index contributed by atoms with van der Waals surface area (Å²) in [6, 6.07) is 3.23. The van der Waals surface area contributed by atoms with Gasteiger partial charge in [0.15, 0.2) is 6.61 Å². The second-order valence-corrected chi connectivity index (χ2v) is 7.76. The van der Waals surface area contributed by atoms with Crippen molar-refractivity contribution < 1.29 is 13.9 Å². The molecule has 1 N–H and O–H groups in total. The molecule has 1 aliphatic rings. The molecule has 2 aromatic heterocycles. The van der Waals surface area contributed by atoms with Crippen LogP contribution in [0.1, 0.15) is 22.8 Å². The summed E-state index contributed by atoms with van der Waals surface area (Å²) in [5.74, 6) is 2.17. The smallest absolute Gasteiger partial charge is 0.339 e. The number of rotatable bonds is 5. The molecular formula is C20H21ClN4O4. The number of amides is 1. The van der Waals surface area contributed by atoms with Crippen molar-refractivity contribution in [3.05, 3.63) is 50.4 Å². The van der Waals surface area contributed by atoms with Crippen molar-refractivity contribution >= 4 is 28.5 Å². The number of aromatic nitrogens is 3. The van der Waals surface area contributed by atoms with Crippen LogP contribution in [0.25, 0.3) is 11.0 Å². The van der Waals surface area contributed by atoms with E-state index in [1.807, 2.05) is 13.8 Å². The monoisotopic (exact) mass is 416 g/mol. The molecule has 1 aromatic carbocycles. The number of carbonyl (C=O) groups is 1. The molecule has 1 unspecified atom stereocenters. The van der Waals surface area contributed by atoms with Crippen molar-refractivity contribution in [1.82, 2.24) is 20.1 Å². The summed E-state index contributed by atoms with van der Waals surface area (Å²) in [5, 5.41) is 12.1. The number of ether oxygens (including phenoxy) is 1. The molecule has 0 spiro atoms. The zero-order valence-electron chi connectivity index (χ0n) is 16.4. The third kappa shape index (κ3) is 3.72. The van der Waals surface area contributed by atoms with Crippen LogP contribution >= 0.6 is 11.6 Å².